The Bertz CT molecular complexity index is 605. The molecule has 0 radical (unpaired) electrons. The molecule has 2 N–H and O–H groups in total. The van der Waals surface area contributed by atoms with E-state index in [2.05, 4.69) is 10.0 Å². The van der Waals surface area contributed by atoms with Gasteiger partial charge in [0.1, 0.15) is 0 Å². The van der Waals surface area contributed by atoms with Crippen LogP contribution in [0.5, 0.6) is 0 Å². The summed E-state index contributed by atoms with van der Waals surface area (Å²) in [5, 5.41) is 13.6. The van der Waals surface area contributed by atoms with E-state index in [0.29, 0.717) is 13.0 Å². The normalized spacial score (nSPS) is 11.6. The zero-order valence-electron chi connectivity index (χ0n) is 11.8. The smallest absolute Gasteiger partial charge is 0.304 e. The van der Waals surface area contributed by atoms with Crippen molar-refractivity contribution in [3.05, 3.63) is 34.1 Å². The first-order chi connectivity index (χ1) is 9.71. The molecule has 1 aromatic rings. The summed E-state index contributed by atoms with van der Waals surface area (Å²) >= 11 is 0. The number of hydrogen-bond acceptors (Lipinski definition) is 5. The number of nitro groups is 1. The first kappa shape index (κ1) is 17.3. The Balaban J connectivity index is 2.63. The number of anilines is 1. The minimum absolute atomic E-state index is 0.0325. The first-order valence-electron chi connectivity index (χ1n) is 6.39. The Morgan fingerprint density at radius 2 is 2.05 bits per heavy atom. The van der Waals surface area contributed by atoms with E-state index >= 15 is 0 Å². The van der Waals surface area contributed by atoms with Gasteiger partial charge in [0.15, 0.2) is 0 Å². The van der Waals surface area contributed by atoms with Crippen LogP contribution >= 0.6 is 0 Å². The quantitative estimate of drug-likeness (QED) is 0.433. The molecule has 7 nitrogen and oxygen atoms in total. The fraction of sp³-hybridized carbons (Fsp3) is 0.500. The molecule has 1 rings (SSSR count). The molecule has 0 atom stereocenters. The van der Waals surface area contributed by atoms with E-state index < -0.39 is 26.5 Å². The third-order valence-corrected chi connectivity index (χ3v) is 3.93. The Labute approximate surface area is 122 Å². The Hall–Kier alpha value is -1.74. The van der Waals surface area contributed by atoms with Crippen LogP contribution in [0.1, 0.15) is 20.3 Å². The third kappa shape index (κ3) is 6.05. The molecule has 0 heterocycles. The summed E-state index contributed by atoms with van der Waals surface area (Å²) in [5.41, 5.74) is -0.728. The van der Waals surface area contributed by atoms with Crippen molar-refractivity contribution in [3.8, 4) is 0 Å². The molecule has 0 aromatic heterocycles. The number of rotatable bonds is 8. The number of nitrogens with zero attached hydrogens (tertiary/aromatic N) is 1. The highest BCUT2D eigenvalue weighted by molar-refractivity contribution is 7.92. The Kier molecular flexibility index (Phi) is 6.03. The molecule has 0 aliphatic rings. The molecule has 118 valence electrons. The second-order valence-electron chi connectivity index (χ2n) is 4.81. The highest BCUT2D eigenvalue weighted by atomic mass is 32.2. The fourth-order valence-corrected chi connectivity index (χ4v) is 2.71. The van der Waals surface area contributed by atoms with Crippen LogP contribution in [0, 0.1) is 15.9 Å². The third-order valence-electron chi connectivity index (χ3n) is 2.56. The highest BCUT2D eigenvalue weighted by Crippen LogP contribution is 2.21. The lowest BCUT2D eigenvalue weighted by atomic mass is 10.3. The van der Waals surface area contributed by atoms with Crippen LogP contribution in [0.4, 0.5) is 15.8 Å². The number of nitro benzene ring substituents is 1. The molecule has 0 saturated carbocycles. The van der Waals surface area contributed by atoms with Gasteiger partial charge in [-0.05, 0) is 19.0 Å². The number of sulfonamides is 1. The predicted octanol–water partition coefficient (Wildman–Crippen LogP) is 1.86. The van der Waals surface area contributed by atoms with Gasteiger partial charge in [0.2, 0.25) is 15.8 Å². The van der Waals surface area contributed by atoms with Gasteiger partial charge in [-0.3, -0.25) is 14.8 Å². The molecule has 0 fully saturated rings. The molecule has 0 bridgehead atoms. The summed E-state index contributed by atoms with van der Waals surface area (Å²) in [7, 11) is -3.61. The van der Waals surface area contributed by atoms with E-state index in [-0.39, 0.29) is 17.5 Å². The second-order valence-corrected chi connectivity index (χ2v) is 6.65. The van der Waals surface area contributed by atoms with Crippen molar-refractivity contribution >= 4 is 21.4 Å². The lowest BCUT2D eigenvalue weighted by molar-refractivity contribution is -0.387. The van der Waals surface area contributed by atoms with Gasteiger partial charge in [-0.25, -0.2) is 8.42 Å². The summed E-state index contributed by atoms with van der Waals surface area (Å²) in [6.07, 6.45) is 0.406. The van der Waals surface area contributed by atoms with E-state index in [1.807, 2.05) is 13.8 Å². The van der Waals surface area contributed by atoms with E-state index in [4.69, 9.17) is 0 Å². The maximum atomic E-state index is 13.4. The minimum Gasteiger partial charge on any atom is -0.314 e. The molecule has 0 amide bonds. The molecule has 1 aromatic carbocycles. The maximum Gasteiger partial charge on any atom is 0.304 e. The molecular formula is C12H18FN3O4S. The largest absolute Gasteiger partial charge is 0.314 e. The van der Waals surface area contributed by atoms with Crippen molar-refractivity contribution in [1.29, 1.82) is 0 Å². The Morgan fingerprint density at radius 1 is 1.38 bits per heavy atom. The molecule has 0 saturated heterocycles. The van der Waals surface area contributed by atoms with Crippen molar-refractivity contribution < 1.29 is 17.7 Å². The standard InChI is InChI=1S/C12H18FN3O4S/c1-9(2)14-6-3-7-21(19,20)15-10-4-5-12(16(17)18)11(13)8-10/h4-5,8-9,14-15H,3,6-7H2,1-2H3. The van der Waals surface area contributed by atoms with E-state index in [1.54, 1.807) is 0 Å². The lowest BCUT2D eigenvalue weighted by Crippen LogP contribution is -2.26. The average molecular weight is 319 g/mol. The predicted molar refractivity (Wildman–Crippen MR) is 78.2 cm³/mol. The number of hydrogen-bond donors (Lipinski definition) is 2. The zero-order valence-corrected chi connectivity index (χ0v) is 12.6. The van der Waals surface area contributed by atoms with Crippen LogP contribution in [0.25, 0.3) is 0 Å². The summed E-state index contributed by atoms with van der Waals surface area (Å²) in [4.78, 5) is 9.60. The second kappa shape index (κ2) is 7.32. The molecule has 0 unspecified atom stereocenters. The monoisotopic (exact) mass is 319 g/mol. The highest BCUT2D eigenvalue weighted by Gasteiger charge is 2.16. The van der Waals surface area contributed by atoms with Gasteiger partial charge >= 0.3 is 5.69 Å². The maximum absolute atomic E-state index is 13.4. The molecular weight excluding hydrogens is 301 g/mol. The van der Waals surface area contributed by atoms with Crippen LogP contribution < -0.4 is 10.0 Å². The lowest BCUT2D eigenvalue weighted by Gasteiger charge is -2.10. The molecule has 0 aliphatic heterocycles. The zero-order chi connectivity index (χ0) is 16.0. The van der Waals surface area contributed by atoms with Crippen molar-refractivity contribution in [3.63, 3.8) is 0 Å². The van der Waals surface area contributed by atoms with E-state index in [0.717, 1.165) is 18.2 Å². The van der Waals surface area contributed by atoms with Gasteiger partial charge in [0.05, 0.1) is 16.4 Å². The topological polar surface area (TPSA) is 101 Å². The number of halogens is 1. The van der Waals surface area contributed by atoms with Gasteiger partial charge in [0.25, 0.3) is 0 Å². The van der Waals surface area contributed by atoms with Crippen molar-refractivity contribution in [2.45, 2.75) is 26.3 Å². The van der Waals surface area contributed by atoms with Crippen LogP contribution in [0.15, 0.2) is 18.2 Å². The van der Waals surface area contributed by atoms with Crippen molar-refractivity contribution in [2.75, 3.05) is 17.0 Å². The van der Waals surface area contributed by atoms with E-state index in [9.17, 15) is 22.9 Å². The molecule has 0 aliphatic carbocycles. The summed E-state index contributed by atoms with van der Waals surface area (Å²) < 4.78 is 39.1. The molecule has 0 spiro atoms. The van der Waals surface area contributed by atoms with Crippen LogP contribution in [0.2, 0.25) is 0 Å². The van der Waals surface area contributed by atoms with Gasteiger partial charge in [0, 0.05) is 18.2 Å². The van der Waals surface area contributed by atoms with Gasteiger partial charge in [-0.15, -0.1) is 0 Å². The SMILES string of the molecule is CC(C)NCCCS(=O)(=O)Nc1ccc([N+](=O)[O-])c(F)c1. The van der Waals surface area contributed by atoms with Gasteiger partial charge < -0.3 is 5.32 Å². The first-order valence-corrected chi connectivity index (χ1v) is 8.04. The van der Waals surface area contributed by atoms with Crippen molar-refractivity contribution in [2.24, 2.45) is 0 Å². The minimum atomic E-state index is -3.61. The van der Waals surface area contributed by atoms with Gasteiger partial charge in [-0.1, -0.05) is 13.8 Å². The fourth-order valence-electron chi connectivity index (χ4n) is 1.60. The van der Waals surface area contributed by atoms with Crippen LogP contribution in [-0.2, 0) is 10.0 Å². The molecule has 21 heavy (non-hydrogen) atoms. The van der Waals surface area contributed by atoms with Crippen LogP contribution in [0.3, 0.4) is 0 Å². The Morgan fingerprint density at radius 3 is 2.57 bits per heavy atom. The summed E-state index contributed by atoms with van der Waals surface area (Å²) in [6.45, 7) is 4.45. The van der Waals surface area contributed by atoms with E-state index in [1.165, 1.54) is 0 Å². The average Bonchev–Trinajstić information content (AvgIpc) is 2.33. The molecule has 9 heteroatoms. The summed E-state index contributed by atoms with van der Waals surface area (Å²) in [5.74, 6) is -1.20. The van der Waals surface area contributed by atoms with Gasteiger partial charge in [-0.2, -0.15) is 4.39 Å². The summed E-state index contributed by atoms with van der Waals surface area (Å²) in [6, 6.07) is 3.14. The van der Waals surface area contributed by atoms with Crippen molar-refractivity contribution in [1.82, 2.24) is 5.32 Å². The van der Waals surface area contributed by atoms with Crippen LogP contribution in [-0.4, -0.2) is 31.7 Å². The number of nitrogens with one attached hydrogen (secondary N) is 2. The number of benzene rings is 1.